The Hall–Kier alpha value is -3.78. The Labute approximate surface area is 222 Å². The molecule has 9 nitrogen and oxygen atoms in total. The van der Waals surface area contributed by atoms with Gasteiger partial charge < -0.3 is 9.64 Å². The maximum atomic E-state index is 13.3. The number of carbonyl (C=O) groups excluding carboxylic acids is 1. The molecule has 0 bridgehead atoms. The van der Waals surface area contributed by atoms with Crippen LogP contribution in [0.25, 0.3) is 23.0 Å². The highest BCUT2D eigenvalue weighted by Crippen LogP contribution is 2.29. The molecule has 0 N–H and O–H groups in total. The van der Waals surface area contributed by atoms with E-state index in [1.165, 1.54) is 4.31 Å². The fourth-order valence-corrected chi connectivity index (χ4v) is 6.19. The highest BCUT2D eigenvalue weighted by atomic mass is 32.2. The van der Waals surface area contributed by atoms with Crippen molar-refractivity contribution in [3.8, 4) is 23.0 Å². The van der Waals surface area contributed by atoms with Crippen molar-refractivity contribution in [2.24, 2.45) is 0 Å². The summed E-state index contributed by atoms with van der Waals surface area (Å²) in [7, 11) is -3.72. The summed E-state index contributed by atoms with van der Waals surface area (Å²) in [5.41, 5.74) is 2.43. The molecule has 1 amide bonds. The molecule has 0 spiro atoms. The van der Waals surface area contributed by atoms with Gasteiger partial charge >= 0.3 is 0 Å². The molecule has 38 heavy (non-hydrogen) atoms. The van der Waals surface area contributed by atoms with E-state index in [1.807, 2.05) is 30.3 Å². The highest BCUT2D eigenvalue weighted by molar-refractivity contribution is 7.89. The number of nitrogens with zero attached hydrogens (tertiary/aromatic N) is 5. The largest absolute Gasteiger partial charge is 0.379 e. The first-order chi connectivity index (χ1) is 18.5. The van der Waals surface area contributed by atoms with Crippen LogP contribution in [0, 0.1) is 11.3 Å². The van der Waals surface area contributed by atoms with Gasteiger partial charge in [-0.3, -0.25) is 4.79 Å². The van der Waals surface area contributed by atoms with Crippen LogP contribution in [-0.2, 0) is 19.6 Å². The fraction of sp³-hybridized carbons (Fsp3) is 0.321. The number of carbonyl (C=O) groups is 1. The van der Waals surface area contributed by atoms with Gasteiger partial charge in [-0.05, 0) is 49.6 Å². The van der Waals surface area contributed by atoms with Gasteiger partial charge in [0.1, 0.15) is 17.3 Å². The smallest absolute Gasteiger partial charge is 0.264 e. The van der Waals surface area contributed by atoms with Crippen molar-refractivity contribution in [3.63, 3.8) is 0 Å². The van der Waals surface area contributed by atoms with Crippen LogP contribution in [0.1, 0.15) is 24.8 Å². The van der Waals surface area contributed by atoms with E-state index in [-0.39, 0.29) is 16.4 Å². The van der Waals surface area contributed by atoms with Crippen LogP contribution in [-0.4, -0.2) is 72.7 Å². The summed E-state index contributed by atoms with van der Waals surface area (Å²) in [5.74, 6) is -0.297. The second-order valence-electron chi connectivity index (χ2n) is 9.28. The average molecular weight is 532 g/mol. The lowest BCUT2D eigenvalue weighted by Crippen LogP contribution is -2.40. The van der Waals surface area contributed by atoms with Gasteiger partial charge in [0.15, 0.2) is 0 Å². The Balaban J connectivity index is 1.57. The number of nitriles is 1. The summed E-state index contributed by atoms with van der Waals surface area (Å²) in [6.07, 6.45) is 6.24. The number of aromatic nitrogens is 2. The number of hydrogen-bond acceptors (Lipinski definition) is 6. The second kappa shape index (κ2) is 11.3. The zero-order chi connectivity index (χ0) is 26.5. The molecular weight excluding hydrogens is 502 g/mol. The van der Waals surface area contributed by atoms with Crippen molar-refractivity contribution < 1.29 is 17.9 Å². The van der Waals surface area contributed by atoms with Crippen molar-refractivity contribution >= 4 is 22.0 Å². The van der Waals surface area contributed by atoms with E-state index in [1.54, 1.807) is 46.1 Å². The van der Waals surface area contributed by atoms with Crippen molar-refractivity contribution in [3.05, 3.63) is 71.9 Å². The zero-order valence-corrected chi connectivity index (χ0v) is 21.8. The minimum Gasteiger partial charge on any atom is -0.379 e. The van der Waals surface area contributed by atoms with Gasteiger partial charge in [-0.25, -0.2) is 13.1 Å². The minimum atomic E-state index is -3.72. The lowest BCUT2D eigenvalue weighted by molar-refractivity contribution is -0.127. The number of hydrogen-bond donors (Lipinski definition) is 0. The summed E-state index contributed by atoms with van der Waals surface area (Å²) in [6.45, 7) is 2.58. The molecule has 2 aliphatic rings. The summed E-state index contributed by atoms with van der Waals surface area (Å²) < 4.78 is 35.0. The number of sulfonamides is 1. The van der Waals surface area contributed by atoms with Crippen molar-refractivity contribution in [2.45, 2.75) is 24.2 Å². The number of benzene rings is 2. The predicted molar refractivity (Wildman–Crippen MR) is 143 cm³/mol. The summed E-state index contributed by atoms with van der Waals surface area (Å²) in [6, 6.07) is 18.2. The van der Waals surface area contributed by atoms with Crippen molar-refractivity contribution in [1.29, 1.82) is 5.26 Å². The van der Waals surface area contributed by atoms with Gasteiger partial charge in [-0.15, -0.1) is 0 Å². The fourth-order valence-electron chi connectivity index (χ4n) is 4.73. The molecule has 2 fully saturated rings. The molecule has 0 atom stereocenters. The lowest BCUT2D eigenvalue weighted by Gasteiger charge is -2.26. The molecule has 10 heteroatoms. The molecule has 2 aromatic carbocycles. The average Bonchev–Trinajstić information content (AvgIpc) is 3.41. The first-order valence-corrected chi connectivity index (χ1v) is 14.2. The number of rotatable bonds is 6. The van der Waals surface area contributed by atoms with Gasteiger partial charge in [-0.1, -0.05) is 30.3 Å². The molecule has 0 saturated carbocycles. The minimum absolute atomic E-state index is 0.0258. The number of ether oxygens (including phenoxy) is 1. The normalized spacial score (nSPS) is 17.2. The van der Waals surface area contributed by atoms with Crippen LogP contribution < -0.4 is 0 Å². The Morgan fingerprint density at radius 1 is 0.974 bits per heavy atom. The molecule has 3 aromatic rings. The SMILES string of the molecule is N#C/C(=C\c1cn(-c2ccccc2)nc1-c1cccc(S(=O)(=O)N2CCOCC2)c1)C(=O)N1CCCCC1. The van der Waals surface area contributed by atoms with Gasteiger partial charge in [-0.2, -0.15) is 14.7 Å². The lowest BCUT2D eigenvalue weighted by atomic mass is 10.0. The summed E-state index contributed by atoms with van der Waals surface area (Å²) >= 11 is 0. The molecule has 0 aliphatic carbocycles. The van der Waals surface area contributed by atoms with Crippen LogP contribution in [0.3, 0.4) is 0 Å². The third-order valence-corrected chi connectivity index (χ3v) is 8.67. The van der Waals surface area contributed by atoms with Crippen molar-refractivity contribution in [2.75, 3.05) is 39.4 Å². The maximum absolute atomic E-state index is 13.3. The van der Waals surface area contributed by atoms with E-state index in [2.05, 4.69) is 6.07 Å². The standard InChI is InChI=1S/C28H29N5O4S/c29-20-23(28(34)31-12-5-2-6-13-31)18-24-21-33(25-9-3-1-4-10-25)30-27(24)22-8-7-11-26(19-22)38(35,36)32-14-16-37-17-15-32/h1,3-4,7-11,18-19,21H,2,5-6,12-17H2/b23-18+. The first kappa shape index (κ1) is 25.9. The van der Waals surface area contributed by atoms with Crippen LogP contribution >= 0.6 is 0 Å². The molecule has 5 rings (SSSR count). The quantitative estimate of drug-likeness (QED) is 0.356. The maximum Gasteiger partial charge on any atom is 0.264 e. The third kappa shape index (κ3) is 5.41. The molecule has 0 radical (unpaired) electrons. The molecule has 1 aromatic heterocycles. The summed E-state index contributed by atoms with van der Waals surface area (Å²) in [4.78, 5) is 15.0. The number of amides is 1. The number of piperidine rings is 1. The molecular formula is C28H29N5O4S. The molecule has 3 heterocycles. The Kier molecular flexibility index (Phi) is 7.69. The Morgan fingerprint density at radius 2 is 1.71 bits per heavy atom. The number of para-hydroxylation sites is 1. The van der Waals surface area contributed by atoms with E-state index < -0.39 is 10.0 Å². The highest BCUT2D eigenvalue weighted by Gasteiger charge is 2.27. The molecule has 2 saturated heterocycles. The first-order valence-electron chi connectivity index (χ1n) is 12.7. The summed E-state index contributed by atoms with van der Waals surface area (Å²) in [5, 5.41) is 14.6. The van der Waals surface area contributed by atoms with E-state index in [0.29, 0.717) is 56.2 Å². The number of morpholine rings is 1. The van der Waals surface area contributed by atoms with Crippen LogP contribution in [0.15, 0.2) is 71.3 Å². The van der Waals surface area contributed by atoms with Crippen molar-refractivity contribution in [1.82, 2.24) is 19.0 Å². The van der Waals surface area contributed by atoms with Gasteiger partial charge in [0, 0.05) is 43.5 Å². The van der Waals surface area contributed by atoms with E-state index in [9.17, 15) is 18.5 Å². The van der Waals surface area contributed by atoms with E-state index in [0.717, 1.165) is 24.9 Å². The molecule has 196 valence electrons. The monoisotopic (exact) mass is 531 g/mol. The van der Waals surface area contributed by atoms with E-state index in [4.69, 9.17) is 9.84 Å². The molecule has 2 aliphatic heterocycles. The third-order valence-electron chi connectivity index (χ3n) is 6.77. The van der Waals surface area contributed by atoms with Gasteiger partial charge in [0.05, 0.1) is 23.8 Å². The Bertz CT molecular complexity index is 1480. The van der Waals surface area contributed by atoms with Gasteiger partial charge in [0.25, 0.3) is 5.91 Å². The van der Waals surface area contributed by atoms with E-state index >= 15 is 0 Å². The van der Waals surface area contributed by atoms with Crippen LogP contribution in [0.5, 0.6) is 0 Å². The van der Waals surface area contributed by atoms with Crippen LogP contribution in [0.4, 0.5) is 0 Å². The topological polar surface area (TPSA) is 109 Å². The van der Waals surface area contributed by atoms with Crippen LogP contribution in [0.2, 0.25) is 0 Å². The molecule has 0 unspecified atom stereocenters. The second-order valence-corrected chi connectivity index (χ2v) is 11.2. The number of likely N-dealkylation sites (tertiary alicyclic amines) is 1. The predicted octanol–water partition coefficient (Wildman–Crippen LogP) is 3.48. The Morgan fingerprint density at radius 3 is 2.42 bits per heavy atom. The zero-order valence-electron chi connectivity index (χ0n) is 21.0. The van der Waals surface area contributed by atoms with Gasteiger partial charge in [0.2, 0.25) is 10.0 Å².